The summed E-state index contributed by atoms with van der Waals surface area (Å²) in [5, 5.41) is 0. The fourth-order valence-electron chi connectivity index (χ4n) is 2.22. The van der Waals surface area contributed by atoms with Crippen LogP contribution in [-0.4, -0.2) is 18.9 Å². The minimum Gasteiger partial charge on any atom is -0.371 e. The maximum absolute atomic E-state index is 13.1. The van der Waals surface area contributed by atoms with E-state index in [-0.39, 0.29) is 11.6 Å². The highest BCUT2D eigenvalue weighted by Crippen LogP contribution is 2.27. The Hall–Kier alpha value is -1.38. The Morgan fingerprint density at radius 3 is 2.81 bits per heavy atom. The summed E-state index contributed by atoms with van der Waals surface area (Å²) in [6.45, 7) is 5.58. The molecule has 0 N–H and O–H groups in total. The Morgan fingerprint density at radius 2 is 2.25 bits per heavy atom. The molecule has 2 rings (SSSR count). The highest BCUT2D eigenvalue weighted by atomic mass is 19.1. The number of rotatable bonds is 2. The molecule has 1 aromatic rings. The van der Waals surface area contributed by atoms with Crippen LogP contribution in [0.25, 0.3) is 0 Å². The van der Waals surface area contributed by atoms with Crippen LogP contribution in [0.2, 0.25) is 0 Å². The normalized spacial score (nSPS) is 20.2. The van der Waals surface area contributed by atoms with Gasteiger partial charge in [0.05, 0.1) is 0 Å². The van der Waals surface area contributed by atoms with Gasteiger partial charge in [-0.2, -0.15) is 0 Å². The number of hydrogen-bond acceptors (Lipinski definition) is 2. The van der Waals surface area contributed by atoms with Crippen molar-refractivity contribution in [3.8, 4) is 0 Å². The summed E-state index contributed by atoms with van der Waals surface area (Å²) in [6.07, 6.45) is 1.13. The van der Waals surface area contributed by atoms with Gasteiger partial charge in [0, 0.05) is 24.3 Å². The van der Waals surface area contributed by atoms with Crippen molar-refractivity contribution in [3.63, 3.8) is 0 Å². The summed E-state index contributed by atoms with van der Waals surface area (Å²) in [4.78, 5) is 13.6. The van der Waals surface area contributed by atoms with Crippen molar-refractivity contribution < 1.29 is 9.18 Å². The predicted molar refractivity (Wildman–Crippen MR) is 62.4 cm³/mol. The molecular formula is C13H16FNO. The van der Waals surface area contributed by atoms with Crippen LogP contribution in [0.5, 0.6) is 0 Å². The van der Waals surface area contributed by atoms with E-state index < -0.39 is 0 Å². The van der Waals surface area contributed by atoms with Crippen molar-refractivity contribution in [2.75, 3.05) is 18.0 Å². The minimum atomic E-state index is -0.346. The summed E-state index contributed by atoms with van der Waals surface area (Å²) < 4.78 is 13.1. The van der Waals surface area contributed by atoms with Gasteiger partial charge in [-0.3, -0.25) is 4.79 Å². The van der Waals surface area contributed by atoms with E-state index in [2.05, 4.69) is 11.8 Å². The van der Waals surface area contributed by atoms with Gasteiger partial charge in [0.25, 0.3) is 0 Å². The number of anilines is 1. The summed E-state index contributed by atoms with van der Waals surface area (Å²) in [6, 6.07) is 4.47. The molecule has 1 heterocycles. The Kier molecular flexibility index (Phi) is 2.95. The van der Waals surface area contributed by atoms with E-state index in [0.29, 0.717) is 11.5 Å². The van der Waals surface area contributed by atoms with Crippen LogP contribution < -0.4 is 4.90 Å². The number of hydrogen-bond donors (Lipinski definition) is 0. The lowest BCUT2D eigenvalue weighted by Gasteiger charge is -2.20. The largest absolute Gasteiger partial charge is 0.371 e. The second kappa shape index (κ2) is 4.24. The summed E-state index contributed by atoms with van der Waals surface area (Å²) in [7, 11) is 0. The smallest absolute Gasteiger partial charge is 0.161 e. The summed E-state index contributed by atoms with van der Waals surface area (Å²) >= 11 is 0. The fraction of sp³-hybridized carbons (Fsp3) is 0.462. The third-order valence-corrected chi connectivity index (χ3v) is 3.10. The molecule has 1 aliphatic rings. The first-order valence-corrected chi connectivity index (χ1v) is 5.63. The van der Waals surface area contributed by atoms with Crippen LogP contribution in [0.3, 0.4) is 0 Å². The first kappa shape index (κ1) is 11.1. The third kappa shape index (κ3) is 2.08. The van der Waals surface area contributed by atoms with E-state index in [9.17, 15) is 9.18 Å². The lowest BCUT2D eigenvalue weighted by atomic mass is 10.1. The lowest BCUT2D eigenvalue weighted by Crippen LogP contribution is -2.21. The summed E-state index contributed by atoms with van der Waals surface area (Å²) in [5.41, 5.74) is 1.37. The van der Waals surface area contributed by atoms with Crippen molar-refractivity contribution in [1.82, 2.24) is 0 Å². The Morgan fingerprint density at radius 1 is 1.50 bits per heavy atom. The van der Waals surface area contributed by atoms with Gasteiger partial charge < -0.3 is 4.90 Å². The zero-order chi connectivity index (χ0) is 11.7. The standard InChI is InChI=1S/C13H16FNO/c1-9-5-6-15(8-9)13-4-3-11(14)7-12(13)10(2)16/h3-4,7,9H,5-6,8H2,1-2H3. The third-order valence-electron chi connectivity index (χ3n) is 3.10. The Balaban J connectivity index is 2.36. The van der Waals surface area contributed by atoms with Crippen LogP contribution in [0.1, 0.15) is 30.6 Å². The number of ketones is 1. The monoisotopic (exact) mass is 221 g/mol. The van der Waals surface area contributed by atoms with Gasteiger partial charge in [-0.15, -0.1) is 0 Å². The molecule has 2 nitrogen and oxygen atoms in total. The van der Waals surface area contributed by atoms with E-state index in [1.807, 2.05) is 0 Å². The predicted octanol–water partition coefficient (Wildman–Crippen LogP) is 2.87. The molecule has 1 fully saturated rings. The number of Topliss-reactive ketones (excluding diaryl/α,β-unsaturated/α-hetero) is 1. The maximum Gasteiger partial charge on any atom is 0.161 e. The van der Waals surface area contributed by atoms with Gasteiger partial charge in [-0.1, -0.05) is 6.92 Å². The fourth-order valence-corrected chi connectivity index (χ4v) is 2.22. The van der Waals surface area contributed by atoms with Gasteiger partial charge in [0.1, 0.15) is 5.82 Å². The van der Waals surface area contributed by atoms with Crippen molar-refractivity contribution in [1.29, 1.82) is 0 Å². The number of nitrogens with zero attached hydrogens (tertiary/aromatic N) is 1. The van der Waals surface area contributed by atoms with E-state index in [1.54, 1.807) is 6.07 Å². The maximum atomic E-state index is 13.1. The first-order chi connectivity index (χ1) is 7.58. The first-order valence-electron chi connectivity index (χ1n) is 5.63. The van der Waals surface area contributed by atoms with Crippen molar-refractivity contribution in [2.24, 2.45) is 5.92 Å². The zero-order valence-electron chi connectivity index (χ0n) is 9.66. The molecule has 1 atom stereocenters. The van der Waals surface area contributed by atoms with Crippen LogP contribution in [0.4, 0.5) is 10.1 Å². The zero-order valence-corrected chi connectivity index (χ0v) is 9.66. The van der Waals surface area contributed by atoms with Gasteiger partial charge in [-0.05, 0) is 37.5 Å². The molecule has 16 heavy (non-hydrogen) atoms. The van der Waals surface area contributed by atoms with Crippen LogP contribution in [0, 0.1) is 11.7 Å². The average Bonchev–Trinajstić information content (AvgIpc) is 2.64. The molecule has 1 aliphatic heterocycles. The number of halogens is 1. The minimum absolute atomic E-state index is 0.0750. The molecule has 1 saturated heterocycles. The van der Waals surface area contributed by atoms with Crippen molar-refractivity contribution in [2.45, 2.75) is 20.3 Å². The highest BCUT2D eigenvalue weighted by molar-refractivity contribution is 5.99. The molecule has 0 amide bonds. The SMILES string of the molecule is CC(=O)c1cc(F)ccc1N1CCC(C)C1. The van der Waals surface area contributed by atoms with Crippen molar-refractivity contribution >= 4 is 11.5 Å². The average molecular weight is 221 g/mol. The lowest BCUT2D eigenvalue weighted by molar-refractivity contribution is 0.101. The van der Waals surface area contributed by atoms with E-state index in [0.717, 1.165) is 25.2 Å². The molecule has 0 spiro atoms. The van der Waals surface area contributed by atoms with Crippen LogP contribution in [0.15, 0.2) is 18.2 Å². The van der Waals surface area contributed by atoms with E-state index >= 15 is 0 Å². The topological polar surface area (TPSA) is 20.3 Å². The van der Waals surface area contributed by atoms with Crippen LogP contribution >= 0.6 is 0 Å². The van der Waals surface area contributed by atoms with Crippen LogP contribution in [-0.2, 0) is 0 Å². The molecule has 0 aromatic heterocycles. The molecule has 1 unspecified atom stereocenters. The number of benzene rings is 1. The molecular weight excluding hydrogens is 205 g/mol. The quantitative estimate of drug-likeness (QED) is 0.716. The second-order valence-corrected chi connectivity index (χ2v) is 4.56. The highest BCUT2D eigenvalue weighted by Gasteiger charge is 2.22. The Bertz CT molecular complexity index is 416. The molecule has 3 heteroatoms. The molecule has 0 bridgehead atoms. The van der Waals surface area contributed by atoms with E-state index in [4.69, 9.17) is 0 Å². The number of carbonyl (C=O) groups excluding carboxylic acids is 1. The number of carbonyl (C=O) groups is 1. The molecule has 1 aromatic carbocycles. The Labute approximate surface area is 95.1 Å². The van der Waals surface area contributed by atoms with Gasteiger partial charge in [0.15, 0.2) is 5.78 Å². The second-order valence-electron chi connectivity index (χ2n) is 4.56. The summed E-state index contributed by atoms with van der Waals surface area (Å²) in [5.74, 6) is 0.222. The van der Waals surface area contributed by atoms with Crippen molar-refractivity contribution in [3.05, 3.63) is 29.6 Å². The molecule has 0 aliphatic carbocycles. The van der Waals surface area contributed by atoms with Gasteiger partial charge >= 0.3 is 0 Å². The molecule has 0 saturated carbocycles. The molecule has 86 valence electrons. The van der Waals surface area contributed by atoms with Gasteiger partial charge in [-0.25, -0.2) is 4.39 Å². The van der Waals surface area contributed by atoms with Gasteiger partial charge in [0.2, 0.25) is 0 Å². The van der Waals surface area contributed by atoms with E-state index in [1.165, 1.54) is 19.1 Å². The molecule has 0 radical (unpaired) electrons.